The highest BCUT2D eigenvalue weighted by atomic mass is 19.1. The van der Waals surface area contributed by atoms with Gasteiger partial charge in [0.1, 0.15) is 23.0 Å². The maximum Gasteiger partial charge on any atom is 0.335 e. The SMILES string of the molecule is N#Cc1ccc(Cn2cnc3ccc(N4CCN(Cc5nc6ccc(C(=O)O)cc6n5CC5CCO5)CC4)nc32)c(F)c1. The van der Waals surface area contributed by atoms with E-state index in [9.17, 15) is 14.3 Å². The summed E-state index contributed by atoms with van der Waals surface area (Å²) < 4.78 is 24.2. The lowest BCUT2D eigenvalue weighted by Crippen LogP contribution is -2.46. The fraction of sp³-hybridized carbons (Fsp3) is 0.323. The largest absolute Gasteiger partial charge is 0.478 e. The Kier molecular flexibility index (Phi) is 6.96. The number of pyridine rings is 1. The summed E-state index contributed by atoms with van der Waals surface area (Å²) in [5, 5.41) is 18.5. The number of nitrogens with zero attached hydrogens (tertiary/aromatic N) is 8. The van der Waals surface area contributed by atoms with Crippen LogP contribution < -0.4 is 4.90 Å². The number of halogens is 1. The zero-order chi connectivity index (χ0) is 29.5. The van der Waals surface area contributed by atoms with Crippen LogP contribution in [0.1, 0.15) is 33.7 Å². The van der Waals surface area contributed by atoms with Crippen LogP contribution in [-0.2, 0) is 24.4 Å². The van der Waals surface area contributed by atoms with E-state index in [2.05, 4.69) is 19.4 Å². The Hall–Kier alpha value is -4.86. The molecule has 2 aliphatic rings. The second-order valence-electron chi connectivity index (χ2n) is 11.0. The minimum Gasteiger partial charge on any atom is -0.478 e. The number of anilines is 1. The monoisotopic (exact) mass is 580 g/mol. The lowest BCUT2D eigenvalue weighted by Gasteiger charge is -2.35. The van der Waals surface area contributed by atoms with E-state index in [4.69, 9.17) is 20.0 Å². The highest BCUT2D eigenvalue weighted by Crippen LogP contribution is 2.25. The van der Waals surface area contributed by atoms with E-state index in [1.165, 1.54) is 6.07 Å². The molecule has 2 fully saturated rings. The van der Waals surface area contributed by atoms with Crippen molar-refractivity contribution < 1.29 is 19.0 Å². The van der Waals surface area contributed by atoms with Crippen LogP contribution in [0.2, 0.25) is 0 Å². The van der Waals surface area contributed by atoms with E-state index in [0.29, 0.717) is 24.3 Å². The van der Waals surface area contributed by atoms with Gasteiger partial charge in [-0.2, -0.15) is 5.26 Å². The van der Waals surface area contributed by atoms with Crippen molar-refractivity contribution in [1.29, 1.82) is 5.26 Å². The van der Waals surface area contributed by atoms with Gasteiger partial charge in [0.05, 0.1) is 60.3 Å². The highest BCUT2D eigenvalue weighted by molar-refractivity contribution is 5.92. The molecule has 2 saturated heterocycles. The lowest BCUT2D eigenvalue weighted by molar-refractivity contribution is -0.0592. The molecule has 0 saturated carbocycles. The Morgan fingerprint density at radius 1 is 1.05 bits per heavy atom. The Morgan fingerprint density at radius 3 is 2.58 bits per heavy atom. The third-order valence-electron chi connectivity index (χ3n) is 8.29. The minimum absolute atomic E-state index is 0.115. The van der Waals surface area contributed by atoms with Gasteiger partial charge in [0.15, 0.2) is 5.65 Å². The van der Waals surface area contributed by atoms with Crippen molar-refractivity contribution in [3.05, 3.63) is 83.2 Å². The Labute approximate surface area is 246 Å². The summed E-state index contributed by atoms with van der Waals surface area (Å²) in [6.45, 7) is 5.46. The molecule has 5 aromatic rings. The molecule has 0 radical (unpaired) electrons. The van der Waals surface area contributed by atoms with Gasteiger partial charge in [-0.05, 0) is 48.9 Å². The minimum atomic E-state index is -0.955. The molecule has 7 rings (SSSR count). The third kappa shape index (κ3) is 5.29. The molecular weight excluding hydrogens is 551 g/mol. The van der Waals surface area contributed by atoms with Gasteiger partial charge in [0, 0.05) is 38.3 Å². The molecule has 43 heavy (non-hydrogen) atoms. The van der Waals surface area contributed by atoms with Crippen LogP contribution in [-0.4, -0.2) is 79.0 Å². The first-order valence-corrected chi connectivity index (χ1v) is 14.3. The van der Waals surface area contributed by atoms with Crippen molar-refractivity contribution >= 4 is 34.0 Å². The predicted molar refractivity (Wildman–Crippen MR) is 156 cm³/mol. The number of benzene rings is 2. The standard InChI is InChI=1S/C31H29FN8O3/c32-24-13-20(15-33)1-2-22(24)16-39-19-34-26-5-6-28(36-30(26)39)38-10-8-37(9-11-38)18-29-35-25-4-3-21(31(41)42)14-27(25)40(29)17-23-7-12-43-23/h1-6,13-14,19,23H,7-12,16-18H2,(H,41,42). The van der Waals surface area contributed by atoms with Gasteiger partial charge in [0.2, 0.25) is 0 Å². The van der Waals surface area contributed by atoms with Crippen molar-refractivity contribution in [2.45, 2.75) is 32.2 Å². The van der Waals surface area contributed by atoms with E-state index in [1.807, 2.05) is 22.8 Å². The number of ether oxygens (including phenoxy) is 1. The molecule has 2 aromatic carbocycles. The van der Waals surface area contributed by atoms with Gasteiger partial charge in [-0.25, -0.2) is 24.1 Å². The number of hydrogen-bond acceptors (Lipinski definition) is 8. The van der Waals surface area contributed by atoms with Crippen molar-refractivity contribution in [2.24, 2.45) is 0 Å². The summed E-state index contributed by atoms with van der Waals surface area (Å²) in [4.78, 5) is 30.4. The average Bonchev–Trinajstić information content (AvgIpc) is 3.55. The summed E-state index contributed by atoms with van der Waals surface area (Å²) in [7, 11) is 0. The maximum atomic E-state index is 14.6. The first-order valence-electron chi connectivity index (χ1n) is 14.3. The number of carboxylic acid groups (broad SMARTS) is 1. The van der Waals surface area contributed by atoms with Crippen LogP contribution in [0.3, 0.4) is 0 Å². The molecule has 3 aromatic heterocycles. The molecule has 1 unspecified atom stereocenters. The molecule has 11 nitrogen and oxygen atoms in total. The fourth-order valence-electron chi connectivity index (χ4n) is 5.75. The molecule has 2 aliphatic heterocycles. The smallest absolute Gasteiger partial charge is 0.335 e. The Balaban J connectivity index is 1.06. The number of carbonyl (C=O) groups is 1. The summed E-state index contributed by atoms with van der Waals surface area (Å²) in [5.41, 5.74) is 4.01. The number of imidazole rings is 2. The van der Waals surface area contributed by atoms with Gasteiger partial charge in [0.25, 0.3) is 0 Å². The van der Waals surface area contributed by atoms with Gasteiger partial charge in [-0.3, -0.25) is 4.90 Å². The van der Waals surface area contributed by atoms with Crippen LogP contribution in [0.4, 0.5) is 10.2 Å². The third-order valence-corrected chi connectivity index (χ3v) is 8.29. The summed E-state index contributed by atoms with van der Waals surface area (Å²) >= 11 is 0. The van der Waals surface area contributed by atoms with E-state index in [-0.39, 0.29) is 23.8 Å². The van der Waals surface area contributed by atoms with E-state index < -0.39 is 11.8 Å². The molecule has 1 atom stereocenters. The molecule has 12 heteroatoms. The number of carboxylic acids is 1. The van der Waals surface area contributed by atoms with Crippen molar-refractivity contribution in [2.75, 3.05) is 37.7 Å². The summed E-state index contributed by atoms with van der Waals surface area (Å²) in [6.07, 6.45) is 2.76. The number of fused-ring (bicyclic) bond motifs is 2. The van der Waals surface area contributed by atoms with Crippen LogP contribution in [0.25, 0.3) is 22.2 Å². The van der Waals surface area contributed by atoms with Crippen LogP contribution in [0.5, 0.6) is 0 Å². The van der Waals surface area contributed by atoms with Crippen LogP contribution in [0, 0.1) is 17.1 Å². The second-order valence-corrected chi connectivity index (χ2v) is 11.0. The topological polar surface area (TPSA) is 125 Å². The van der Waals surface area contributed by atoms with Crippen LogP contribution >= 0.6 is 0 Å². The lowest BCUT2D eigenvalue weighted by atomic mass is 10.1. The number of nitriles is 1. The summed E-state index contributed by atoms with van der Waals surface area (Å²) in [5.74, 6) is 0.359. The van der Waals surface area contributed by atoms with E-state index in [1.54, 1.807) is 36.7 Å². The Morgan fingerprint density at radius 2 is 1.86 bits per heavy atom. The zero-order valence-electron chi connectivity index (χ0n) is 23.4. The van der Waals surface area contributed by atoms with Crippen molar-refractivity contribution in [3.63, 3.8) is 0 Å². The number of hydrogen-bond donors (Lipinski definition) is 1. The molecule has 0 bridgehead atoms. The highest BCUT2D eigenvalue weighted by Gasteiger charge is 2.25. The average molecular weight is 581 g/mol. The number of aromatic nitrogens is 5. The van der Waals surface area contributed by atoms with Crippen molar-refractivity contribution in [1.82, 2.24) is 29.0 Å². The quantitative estimate of drug-likeness (QED) is 0.293. The second kappa shape index (κ2) is 11.1. The van der Waals surface area contributed by atoms with Gasteiger partial charge >= 0.3 is 5.97 Å². The van der Waals surface area contributed by atoms with E-state index in [0.717, 1.165) is 67.4 Å². The molecule has 0 aliphatic carbocycles. The number of aromatic carboxylic acids is 1. The van der Waals surface area contributed by atoms with Crippen LogP contribution in [0.15, 0.2) is 54.9 Å². The first kappa shape index (κ1) is 27.0. The van der Waals surface area contributed by atoms with Gasteiger partial charge in [-0.1, -0.05) is 6.07 Å². The van der Waals surface area contributed by atoms with E-state index >= 15 is 0 Å². The zero-order valence-corrected chi connectivity index (χ0v) is 23.4. The normalized spacial score (nSPS) is 17.3. The Bertz CT molecular complexity index is 1880. The molecular formula is C31H29FN8O3. The van der Waals surface area contributed by atoms with Gasteiger partial charge < -0.3 is 23.9 Å². The number of rotatable bonds is 8. The first-order chi connectivity index (χ1) is 20.9. The molecule has 1 N–H and O–H groups in total. The predicted octanol–water partition coefficient (Wildman–Crippen LogP) is 3.65. The number of piperazine rings is 1. The molecule has 0 spiro atoms. The molecule has 5 heterocycles. The molecule has 218 valence electrons. The van der Waals surface area contributed by atoms with Gasteiger partial charge in [-0.15, -0.1) is 0 Å². The summed E-state index contributed by atoms with van der Waals surface area (Å²) in [6, 6.07) is 15.4. The molecule has 0 amide bonds. The maximum absolute atomic E-state index is 14.6. The fourth-order valence-corrected chi connectivity index (χ4v) is 5.75. The van der Waals surface area contributed by atoms with Crippen molar-refractivity contribution in [3.8, 4) is 6.07 Å².